The molecule has 0 aliphatic rings. The number of rotatable bonds is 5. The van der Waals surface area contributed by atoms with Crippen molar-refractivity contribution in [2.45, 2.75) is 26.4 Å². The number of hydrogen-bond donors (Lipinski definition) is 2. The SMILES string of the molecule is CC(C)(C)OC(=O)Nc1ccc(F)cc1NC(=O)COc1ccc2ccc(=O)oc2c1. The summed E-state index contributed by atoms with van der Waals surface area (Å²) < 4.78 is 29.3. The minimum absolute atomic E-state index is 0.0453. The van der Waals surface area contributed by atoms with Crippen molar-refractivity contribution in [2.75, 3.05) is 17.2 Å². The van der Waals surface area contributed by atoms with E-state index in [1.54, 1.807) is 39.0 Å². The van der Waals surface area contributed by atoms with Gasteiger partial charge in [0, 0.05) is 17.5 Å². The first-order valence-electron chi connectivity index (χ1n) is 9.35. The van der Waals surface area contributed by atoms with E-state index in [0.717, 1.165) is 12.1 Å². The quantitative estimate of drug-likeness (QED) is 0.587. The van der Waals surface area contributed by atoms with Crippen LogP contribution in [0.4, 0.5) is 20.6 Å². The predicted octanol–water partition coefficient (Wildman–Crippen LogP) is 4.30. The second kappa shape index (κ2) is 8.86. The maximum atomic E-state index is 13.7. The number of anilines is 2. The van der Waals surface area contributed by atoms with Gasteiger partial charge in [-0.15, -0.1) is 0 Å². The van der Waals surface area contributed by atoms with Crippen LogP contribution in [0.1, 0.15) is 20.8 Å². The van der Waals surface area contributed by atoms with Gasteiger partial charge in [0.2, 0.25) is 0 Å². The summed E-state index contributed by atoms with van der Waals surface area (Å²) >= 11 is 0. The summed E-state index contributed by atoms with van der Waals surface area (Å²) in [7, 11) is 0. The first kappa shape index (κ1) is 21.8. The third kappa shape index (κ3) is 6.30. The second-order valence-electron chi connectivity index (χ2n) is 7.61. The highest BCUT2D eigenvalue weighted by atomic mass is 19.1. The molecule has 0 atom stereocenters. The lowest BCUT2D eigenvalue weighted by Crippen LogP contribution is -2.28. The summed E-state index contributed by atoms with van der Waals surface area (Å²) in [5.74, 6) is -0.883. The van der Waals surface area contributed by atoms with Crippen LogP contribution in [0.5, 0.6) is 5.75 Å². The fraction of sp³-hybridized carbons (Fsp3) is 0.227. The minimum atomic E-state index is -0.747. The van der Waals surface area contributed by atoms with Crippen LogP contribution in [0, 0.1) is 5.82 Å². The number of carbonyl (C=O) groups excluding carboxylic acids is 2. The molecule has 0 aliphatic carbocycles. The number of carbonyl (C=O) groups is 2. The number of nitrogens with one attached hydrogen (secondary N) is 2. The van der Waals surface area contributed by atoms with Crippen LogP contribution >= 0.6 is 0 Å². The first-order valence-corrected chi connectivity index (χ1v) is 9.35. The van der Waals surface area contributed by atoms with Crippen molar-refractivity contribution < 1.29 is 27.9 Å². The summed E-state index contributed by atoms with van der Waals surface area (Å²) in [5, 5.41) is 5.66. The van der Waals surface area contributed by atoms with Crippen LogP contribution in [0.3, 0.4) is 0 Å². The van der Waals surface area contributed by atoms with Gasteiger partial charge >= 0.3 is 11.7 Å². The van der Waals surface area contributed by atoms with Crippen molar-refractivity contribution in [2.24, 2.45) is 0 Å². The molecule has 2 amide bonds. The van der Waals surface area contributed by atoms with E-state index in [4.69, 9.17) is 13.9 Å². The highest BCUT2D eigenvalue weighted by Gasteiger charge is 2.18. The topological polar surface area (TPSA) is 107 Å². The Morgan fingerprint density at radius 2 is 1.74 bits per heavy atom. The maximum absolute atomic E-state index is 13.7. The Balaban J connectivity index is 1.66. The van der Waals surface area contributed by atoms with Crippen molar-refractivity contribution in [1.82, 2.24) is 0 Å². The molecule has 0 unspecified atom stereocenters. The van der Waals surface area contributed by atoms with Crippen LogP contribution in [-0.4, -0.2) is 24.2 Å². The predicted molar refractivity (Wildman–Crippen MR) is 113 cm³/mol. The summed E-state index contributed by atoms with van der Waals surface area (Å²) in [6, 6.07) is 11.2. The third-order valence-corrected chi connectivity index (χ3v) is 3.86. The van der Waals surface area contributed by atoms with Gasteiger partial charge in [-0.2, -0.15) is 0 Å². The van der Waals surface area contributed by atoms with Gasteiger partial charge < -0.3 is 19.2 Å². The Hall–Kier alpha value is -3.88. The minimum Gasteiger partial charge on any atom is -0.484 e. The molecular weight excluding hydrogens is 407 g/mol. The Morgan fingerprint density at radius 1 is 1.00 bits per heavy atom. The first-order chi connectivity index (χ1) is 14.6. The summed E-state index contributed by atoms with van der Waals surface area (Å²) in [5.41, 5.74) is -0.696. The van der Waals surface area contributed by atoms with E-state index < -0.39 is 35.7 Å². The van der Waals surface area contributed by atoms with Gasteiger partial charge in [0.05, 0.1) is 11.4 Å². The molecule has 8 nitrogen and oxygen atoms in total. The molecule has 1 aromatic heterocycles. The molecule has 1 heterocycles. The van der Waals surface area contributed by atoms with E-state index in [1.807, 2.05) is 0 Å². The third-order valence-electron chi connectivity index (χ3n) is 3.86. The molecule has 0 fully saturated rings. The van der Waals surface area contributed by atoms with E-state index in [9.17, 15) is 18.8 Å². The zero-order chi connectivity index (χ0) is 22.6. The number of ether oxygens (including phenoxy) is 2. The van der Waals surface area contributed by atoms with Gasteiger partial charge in [-0.25, -0.2) is 14.0 Å². The molecule has 2 N–H and O–H groups in total. The number of hydrogen-bond acceptors (Lipinski definition) is 6. The smallest absolute Gasteiger partial charge is 0.412 e. The van der Waals surface area contributed by atoms with E-state index in [2.05, 4.69) is 10.6 Å². The molecule has 3 aromatic rings. The van der Waals surface area contributed by atoms with Gasteiger partial charge in [-0.1, -0.05) is 0 Å². The van der Waals surface area contributed by atoms with Crippen molar-refractivity contribution >= 4 is 34.3 Å². The molecule has 2 aromatic carbocycles. The normalized spacial score (nSPS) is 11.1. The van der Waals surface area contributed by atoms with E-state index in [0.29, 0.717) is 16.7 Å². The molecule has 0 aliphatic heterocycles. The van der Waals surface area contributed by atoms with Gasteiger partial charge in [-0.05, 0) is 57.2 Å². The lowest BCUT2D eigenvalue weighted by atomic mass is 10.2. The highest BCUT2D eigenvalue weighted by molar-refractivity contribution is 5.98. The van der Waals surface area contributed by atoms with Crippen LogP contribution in [0.15, 0.2) is 57.7 Å². The molecule has 0 saturated carbocycles. The van der Waals surface area contributed by atoms with Crippen LogP contribution in [0.25, 0.3) is 11.0 Å². The van der Waals surface area contributed by atoms with Gasteiger partial charge in [0.15, 0.2) is 6.61 Å². The molecule has 0 saturated heterocycles. The second-order valence-corrected chi connectivity index (χ2v) is 7.61. The zero-order valence-electron chi connectivity index (χ0n) is 17.2. The molecule has 3 rings (SSSR count). The molecule has 9 heteroatoms. The average Bonchev–Trinajstić information content (AvgIpc) is 2.66. The molecule has 31 heavy (non-hydrogen) atoms. The molecular formula is C22H21FN2O6. The number of halogens is 1. The number of amides is 2. The molecule has 0 spiro atoms. The average molecular weight is 428 g/mol. The maximum Gasteiger partial charge on any atom is 0.412 e. The fourth-order valence-corrected chi connectivity index (χ4v) is 2.61. The van der Waals surface area contributed by atoms with Gasteiger partial charge in [-0.3, -0.25) is 10.1 Å². The van der Waals surface area contributed by atoms with Crippen LogP contribution in [-0.2, 0) is 9.53 Å². The van der Waals surface area contributed by atoms with Crippen LogP contribution < -0.4 is 21.0 Å². The largest absolute Gasteiger partial charge is 0.484 e. The van der Waals surface area contributed by atoms with Gasteiger partial charge in [0.25, 0.3) is 5.91 Å². The Labute approximate surface area is 177 Å². The fourth-order valence-electron chi connectivity index (χ4n) is 2.61. The lowest BCUT2D eigenvalue weighted by molar-refractivity contribution is -0.118. The highest BCUT2D eigenvalue weighted by Crippen LogP contribution is 2.24. The Kier molecular flexibility index (Phi) is 6.24. The molecule has 162 valence electrons. The van der Waals surface area contributed by atoms with Crippen LogP contribution in [0.2, 0.25) is 0 Å². The number of fused-ring (bicyclic) bond motifs is 1. The van der Waals surface area contributed by atoms with Crippen molar-refractivity contribution in [3.05, 3.63) is 64.8 Å². The summed E-state index contributed by atoms with van der Waals surface area (Å²) in [6.45, 7) is 4.71. The Bertz CT molecular complexity index is 1180. The van der Waals surface area contributed by atoms with E-state index >= 15 is 0 Å². The zero-order valence-corrected chi connectivity index (χ0v) is 17.2. The van der Waals surface area contributed by atoms with Crippen molar-refractivity contribution in [1.29, 1.82) is 0 Å². The molecule has 0 radical (unpaired) electrons. The standard InChI is InChI=1S/C22H21FN2O6/c1-22(2,3)31-21(28)25-16-8-6-14(23)10-17(16)24-19(26)12-29-15-7-4-13-5-9-20(27)30-18(13)11-15/h4-11H,12H2,1-3H3,(H,24,26)(H,25,28). The lowest BCUT2D eigenvalue weighted by Gasteiger charge is -2.20. The molecule has 0 bridgehead atoms. The summed E-state index contributed by atoms with van der Waals surface area (Å²) in [4.78, 5) is 35.6. The van der Waals surface area contributed by atoms with E-state index in [1.165, 1.54) is 18.2 Å². The summed E-state index contributed by atoms with van der Waals surface area (Å²) in [6.07, 6.45) is -0.747. The monoisotopic (exact) mass is 428 g/mol. The Morgan fingerprint density at radius 3 is 2.48 bits per heavy atom. The van der Waals surface area contributed by atoms with Crippen molar-refractivity contribution in [3.8, 4) is 5.75 Å². The van der Waals surface area contributed by atoms with E-state index in [-0.39, 0.29) is 11.4 Å². The number of benzene rings is 2. The van der Waals surface area contributed by atoms with Crippen molar-refractivity contribution in [3.63, 3.8) is 0 Å². The van der Waals surface area contributed by atoms with Gasteiger partial charge in [0.1, 0.15) is 22.8 Å².